The monoisotopic (exact) mass is 248 g/mol. The molecule has 0 heterocycles. The fourth-order valence-electron chi connectivity index (χ4n) is 2.96. The first kappa shape index (κ1) is 13.6. The van der Waals surface area contributed by atoms with E-state index in [1.54, 1.807) is 7.11 Å². The van der Waals surface area contributed by atoms with Gasteiger partial charge in [0.15, 0.2) is 0 Å². The molecular formula is C16H24O2. The molecule has 0 saturated heterocycles. The van der Waals surface area contributed by atoms with Gasteiger partial charge in [0.25, 0.3) is 0 Å². The molecule has 1 atom stereocenters. The molecule has 1 aliphatic rings. The van der Waals surface area contributed by atoms with Crippen molar-refractivity contribution in [1.82, 2.24) is 0 Å². The number of hydrogen-bond donors (Lipinski definition) is 1. The zero-order valence-electron chi connectivity index (χ0n) is 11.5. The van der Waals surface area contributed by atoms with E-state index in [0.717, 1.165) is 12.8 Å². The molecule has 1 saturated carbocycles. The van der Waals surface area contributed by atoms with E-state index in [4.69, 9.17) is 4.74 Å². The van der Waals surface area contributed by atoms with Crippen molar-refractivity contribution < 1.29 is 9.84 Å². The van der Waals surface area contributed by atoms with Gasteiger partial charge in [-0.2, -0.15) is 0 Å². The minimum Gasteiger partial charge on any atom is -0.390 e. The van der Waals surface area contributed by atoms with Gasteiger partial charge in [-0.3, -0.25) is 0 Å². The Kier molecular flexibility index (Phi) is 4.41. The van der Waals surface area contributed by atoms with Crippen LogP contribution in [0.2, 0.25) is 0 Å². The van der Waals surface area contributed by atoms with Crippen molar-refractivity contribution in [3.05, 3.63) is 35.4 Å². The predicted octanol–water partition coefficient (Wildman–Crippen LogP) is 3.25. The zero-order chi connectivity index (χ0) is 13.0. The second-order valence-corrected chi connectivity index (χ2v) is 5.54. The van der Waals surface area contributed by atoms with Gasteiger partial charge in [0, 0.05) is 13.5 Å². The Bertz CT molecular complexity index is 363. The van der Waals surface area contributed by atoms with Crippen LogP contribution >= 0.6 is 0 Å². The number of benzene rings is 1. The van der Waals surface area contributed by atoms with E-state index < -0.39 is 6.10 Å². The Morgan fingerprint density at radius 2 is 1.78 bits per heavy atom. The maximum atomic E-state index is 10.5. The fourth-order valence-corrected chi connectivity index (χ4v) is 2.96. The maximum Gasteiger partial charge on any atom is 0.0939 e. The summed E-state index contributed by atoms with van der Waals surface area (Å²) in [4.78, 5) is 0. The number of aliphatic hydroxyl groups excluding tert-OH is 1. The molecule has 0 aromatic heterocycles. The zero-order valence-corrected chi connectivity index (χ0v) is 11.5. The number of hydrogen-bond acceptors (Lipinski definition) is 2. The van der Waals surface area contributed by atoms with Gasteiger partial charge < -0.3 is 9.84 Å². The molecule has 0 spiro atoms. The van der Waals surface area contributed by atoms with Crippen LogP contribution in [0.3, 0.4) is 0 Å². The Hall–Kier alpha value is -0.860. The van der Waals surface area contributed by atoms with Crippen LogP contribution in [-0.2, 0) is 11.2 Å². The molecule has 0 amide bonds. The van der Waals surface area contributed by atoms with E-state index in [1.165, 1.54) is 30.4 Å². The van der Waals surface area contributed by atoms with Crippen molar-refractivity contribution in [1.29, 1.82) is 0 Å². The fraction of sp³-hybridized carbons (Fsp3) is 0.625. The SMILES string of the molecule is COC1(C(O)Cc2ccc(C)cc2)CCCCC1. The molecule has 0 bridgehead atoms. The lowest BCUT2D eigenvalue weighted by molar-refractivity contribution is -0.122. The molecule has 2 nitrogen and oxygen atoms in total. The molecule has 1 unspecified atom stereocenters. The third kappa shape index (κ3) is 2.93. The van der Waals surface area contributed by atoms with Crippen LogP contribution in [0, 0.1) is 6.92 Å². The first-order valence-corrected chi connectivity index (χ1v) is 6.95. The molecule has 1 N–H and O–H groups in total. The molecule has 2 rings (SSSR count). The highest BCUT2D eigenvalue weighted by Crippen LogP contribution is 2.35. The molecule has 1 aromatic carbocycles. The highest BCUT2D eigenvalue weighted by molar-refractivity contribution is 5.22. The lowest BCUT2D eigenvalue weighted by Gasteiger charge is -2.40. The van der Waals surface area contributed by atoms with Crippen molar-refractivity contribution in [2.45, 2.75) is 57.2 Å². The van der Waals surface area contributed by atoms with Crippen LogP contribution in [-0.4, -0.2) is 23.9 Å². The molecule has 0 radical (unpaired) electrons. The van der Waals surface area contributed by atoms with Crippen molar-refractivity contribution >= 4 is 0 Å². The highest BCUT2D eigenvalue weighted by Gasteiger charge is 2.38. The van der Waals surface area contributed by atoms with Gasteiger partial charge in [-0.15, -0.1) is 0 Å². The maximum absolute atomic E-state index is 10.5. The van der Waals surface area contributed by atoms with E-state index >= 15 is 0 Å². The summed E-state index contributed by atoms with van der Waals surface area (Å²) in [6.45, 7) is 2.08. The number of ether oxygens (including phenoxy) is 1. The molecule has 0 aliphatic heterocycles. The van der Waals surface area contributed by atoms with Crippen LogP contribution in [0.5, 0.6) is 0 Å². The summed E-state index contributed by atoms with van der Waals surface area (Å²) >= 11 is 0. The Labute approximate surface area is 110 Å². The minimum atomic E-state index is -0.398. The largest absolute Gasteiger partial charge is 0.390 e. The molecule has 18 heavy (non-hydrogen) atoms. The van der Waals surface area contributed by atoms with Gasteiger partial charge in [-0.1, -0.05) is 49.1 Å². The van der Waals surface area contributed by atoms with Gasteiger partial charge >= 0.3 is 0 Å². The molecule has 1 aliphatic carbocycles. The lowest BCUT2D eigenvalue weighted by Crippen LogP contribution is -2.46. The predicted molar refractivity (Wildman–Crippen MR) is 73.7 cm³/mol. The number of aliphatic hydroxyl groups is 1. The first-order chi connectivity index (χ1) is 8.66. The Morgan fingerprint density at radius 1 is 1.17 bits per heavy atom. The standard InChI is InChI=1S/C16H24O2/c1-13-6-8-14(9-7-13)12-15(17)16(18-2)10-4-3-5-11-16/h6-9,15,17H,3-5,10-12H2,1-2H3. The summed E-state index contributed by atoms with van der Waals surface area (Å²) < 4.78 is 5.69. The molecule has 1 aromatic rings. The van der Waals surface area contributed by atoms with E-state index in [0.29, 0.717) is 6.42 Å². The highest BCUT2D eigenvalue weighted by atomic mass is 16.5. The van der Waals surface area contributed by atoms with Crippen LogP contribution in [0.1, 0.15) is 43.2 Å². The van der Waals surface area contributed by atoms with Crippen molar-refractivity contribution in [2.75, 3.05) is 7.11 Å². The second kappa shape index (κ2) is 5.85. The van der Waals surface area contributed by atoms with Crippen LogP contribution in [0.4, 0.5) is 0 Å². The summed E-state index contributed by atoms with van der Waals surface area (Å²) in [5.41, 5.74) is 2.13. The average Bonchev–Trinajstić information content (AvgIpc) is 2.42. The van der Waals surface area contributed by atoms with Crippen LogP contribution < -0.4 is 0 Å². The average molecular weight is 248 g/mol. The summed E-state index contributed by atoms with van der Waals surface area (Å²) in [5, 5.41) is 10.5. The quantitative estimate of drug-likeness (QED) is 0.886. The van der Waals surface area contributed by atoms with Crippen LogP contribution in [0.15, 0.2) is 24.3 Å². The molecule has 2 heteroatoms. The summed E-state index contributed by atoms with van der Waals surface area (Å²) in [6.07, 6.45) is 5.85. The normalized spacial score (nSPS) is 20.6. The van der Waals surface area contributed by atoms with Gasteiger partial charge in [0.05, 0.1) is 11.7 Å². The lowest BCUT2D eigenvalue weighted by atomic mass is 9.78. The van der Waals surface area contributed by atoms with Gasteiger partial charge in [-0.05, 0) is 25.3 Å². The molecule has 100 valence electrons. The van der Waals surface area contributed by atoms with Crippen LogP contribution in [0.25, 0.3) is 0 Å². The smallest absolute Gasteiger partial charge is 0.0939 e. The topological polar surface area (TPSA) is 29.5 Å². The number of methoxy groups -OCH3 is 1. The first-order valence-electron chi connectivity index (χ1n) is 6.95. The van der Waals surface area contributed by atoms with Gasteiger partial charge in [-0.25, -0.2) is 0 Å². The molecular weight excluding hydrogens is 224 g/mol. The summed E-state index contributed by atoms with van der Waals surface area (Å²) in [5.74, 6) is 0. The Balaban J connectivity index is 2.05. The Morgan fingerprint density at radius 3 is 2.33 bits per heavy atom. The van der Waals surface area contributed by atoms with Crippen molar-refractivity contribution in [3.8, 4) is 0 Å². The third-order valence-corrected chi connectivity index (χ3v) is 4.26. The summed E-state index contributed by atoms with van der Waals surface area (Å²) in [7, 11) is 1.74. The third-order valence-electron chi connectivity index (χ3n) is 4.26. The van der Waals surface area contributed by atoms with Crippen molar-refractivity contribution in [2.24, 2.45) is 0 Å². The van der Waals surface area contributed by atoms with E-state index in [9.17, 15) is 5.11 Å². The number of rotatable bonds is 4. The minimum absolute atomic E-state index is 0.316. The molecule has 1 fully saturated rings. The second-order valence-electron chi connectivity index (χ2n) is 5.54. The van der Waals surface area contributed by atoms with Gasteiger partial charge in [0.2, 0.25) is 0 Å². The van der Waals surface area contributed by atoms with Gasteiger partial charge in [0.1, 0.15) is 0 Å². The van der Waals surface area contributed by atoms with E-state index in [-0.39, 0.29) is 5.60 Å². The van der Waals surface area contributed by atoms with E-state index in [2.05, 4.69) is 31.2 Å². The van der Waals surface area contributed by atoms with Crippen molar-refractivity contribution in [3.63, 3.8) is 0 Å². The number of aryl methyl sites for hydroxylation is 1. The van der Waals surface area contributed by atoms with E-state index in [1.807, 2.05) is 0 Å². The summed E-state index contributed by atoms with van der Waals surface area (Å²) in [6, 6.07) is 8.40.